The lowest BCUT2D eigenvalue weighted by Crippen LogP contribution is -2.20. The maximum atomic E-state index is 14.9. The van der Waals surface area contributed by atoms with Crippen molar-refractivity contribution in [3.63, 3.8) is 0 Å². The van der Waals surface area contributed by atoms with Crippen LogP contribution in [0.3, 0.4) is 0 Å². The van der Waals surface area contributed by atoms with E-state index in [0.29, 0.717) is 21.4 Å². The lowest BCUT2D eigenvalue weighted by atomic mass is 9.96. The van der Waals surface area contributed by atoms with Crippen LogP contribution >= 0.6 is 23.2 Å². The fourth-order valence-corrected chi connectivity index (χ4v) is 2.95. The number of halogens is 3. The van der Waals surface area contributed by atoms with Crippen LogP contribution < -0.4 is 4.74 Å². The molecule has 3 rings (SSSR count). The van der Waals surface area contributed by atoms with Gasteiger partial charge in [0.1, 0.15) is 11.4 Å². The molecule has 0 aliphatic heterocycles. The Bertz CT molecular complexity index is 1100. The number of pyridine rings is 1. The predicted molar refractivity (Wildman–Crippen MR) is 116 cm³/mol. The molecule has 0 amide bonds. The topological polar surface area (TPSA) is 79.1 Å². The highest BCUT2D eigenvalue weighted by molar-refractivity contribution is 6.31. The Labute approximate surface area is 183 Å². The number of nitrogens with one attached hydrogen (secondary N) is 2. The molecule has 3 aromatic rings. The first-order valence-corrected chi connectivity index (χ1v) is 9.63. The molecule has 0 saturated carbocycles. The SMILES string of the molecule is CC(C)(F)c1cc(Oc2ccc(Cl)cc2)ncc1C(=N)OC(=N)c1cccc(Cl)c1. The van der Waals surface area contributed by atoms with E-state index in [1.165, 1.54) is 26.1 Å². The Morgan fingerprint density at radius 2 is 1.67 bits per heavy atom. The first-order valence-electron chi connectivity index (χ1n) is 8.87. The Morgan fingerprint density at radius 3 is 2.30 bits per heavy atom. The second-order valence-electron chi connectivity index (χ2n) is 6.87. The van der Waals surface area contributed by atoms with Crippen molar-refractivity contribution in [1.29, 1.82) is 10.8 Å². The van der Waals surface area contributed by atoms with Crippen LogP contribution in [-0.2, 0) is 10.4 Å². The third-order valence-electron chi connectivity index (χ3n) is 4.09. The van der Waals surface area contributed by atoms with Crippen LogP contribution in [0.25, 0.3) is 0 Å². The molecule has 0 bridgehead atoms. The standard InChI is InChI=1S/C22H18Cl2FN3O2/c1-22(2,25)18-11-19(29-16-8-6-14(23)7-9-16)28-12-17(18)21(27)30-20(26)13-4-3-5-15(24)10-13/h3-12,26-27H,1-2H3. The molecular formula is C22H18Cl2FN3O2. The molecule has 8 heteroatoms. The lowest BCUT2D eigenvalue weighted by Gasteiger charge is -2.20. The Balaban J connectivity index is 1.87. The molecule has 2 N–H and O–H groups in total. The largest absolute Gasteiger partial charge is 0.439 e. The van der Waals surface area contributed by atoms with Gasteiger partial charge in [-0.1, -0.05) is 29.3 Å². The van der Waals surface area contributed by atoms with Crippen molar-refractivity contribution in [3.05, 3.63) is 87.5 Å². The third kappa shape index (κ3) is 5.34. The minimum atomic E-state index is -1.82. The number of alkyl halides is 1. The summed E-state index contributed by atoms with van der Waals surface area (Å²) in [5, 5.41) is 17.3. The normalized spacial score (nSPS) is 11.1. The molecule has 0 spiro atoms. The first kappa shape index (κ1) is 21.7. The van der Waals surface area contributed by atoms with Crippen LogP contribution in [-0.4, -0.2) is 16.8 Å². The van der Waals surface area contributed by atoms with Gasteiger partial charge in [-0.25, -0.2) is 9.37 Å². The summed E-state index contributed by atoms with van der Waals surface area (Å²) >= 11 is 11.8. The molecule has 5 nitrogen and oxygen atoms in total. The maximum absolute atomic E-state index is 14.9. The highest BCUT2D eigenvalue weighted by Gasteiger charge is 2.27. The van der Waals surface area contributed by atoms with Gasteiger partial charge >= 0.3 is 0 Å². The average Bonchev–Trinajstić information content (AvgIpc) is 2.69. The number of aromatic nitrogens is 1. The van der Waals surface area contributed by atoms with Crippen LogP contribution in [0.5, 0.6) is 11.6 Å². The van der Waals surface area contributed by atoms with E-state index in [4.69, 9.17) is 43.5 Å². The Kier molecular flexibility index (Phi) is 6.39. The smallest absolute Gasteiger partial charge is 0.223 e. The summed E-state index contributed by atoms with van der Waals surface area (Å²) in [6, 6.07) is 14.6. The molecule has 0 radical (unpaired) electrons. The van der Waals surface area contributed by atoms with Gasteiger partial charge in [0.25, 0.3) is 0 Å². The number of hydrogen-bond acceptors (Lipinski definition) is 5. The highest BCUT2D eigenvalue weighted by atomic mass is 35.5. The molecule has 0 unspecified atom stereocenters. The van der Waals surface area contributed by atoms with Crippen molar-refractivity contribution < 1.29 is 13.9 Å². The lowest BCUT2D eigenvalue weighted by molar-refractivity contribution is 0.220. The number of ether oxygens (including phenoxy) is 2. The zero-order valence-electron chi connectivity index (χ0n) is 16.2. The number of benzene rings is 2. The van der Waals surface area contributed by atoms with Gasteiger partial charge in [0, 0.05) is 33.4 Å². The zero-order chi connectivity index (χ0) is 21.9. The molecule has 154 valence electrons. The van der Waals surface area contributed by atoms with Crippen LogP contribution in [0.15, 0.2) is 60.8 Å². The summed E-state index contributed by atoms with van der Waals surface area (Å²) in [6.07, 6.45) is 1.29. The monoisotopic (exact) mass is 445 g/mol. The van der Waals surface area contributed by atoms with Crippen molar-refractivity contribution >= 4 is 35.0 Å². The molecular weight excluding hydrogens is 428 g/mol. The number of rotatable bonds is 5. The van der Waals surface area contributed by atoms with Crippen molar-refractivity contribution in [2.24, 2.45) is 0 Å². The predicted octanol–water partition coefficient (Wildman–Crippen LogP) is 6.75. The summed E-state index contributed by atoms with van der Waals surface area (Å²) in [5.41, 5.74) is -1.17. The number of nitrogens with zero attached hydrogens (tertiary/aromatic N) is 1. The Morgan fingerprint density at radius 1 is 0.967 bits per heavy atom. The Hall–Kier alpha value is -2.96. The van der Waals surface area contributed by atoms with E-state index < -0.39 is 11.6 Å². The van der Waals surface area contributed by atoms with Gasteiger partial charge in [-0.05, 0) is 56.3 Å². The molecule has 0 fully saturated rings. The fourth-order valence-electron chi connectivity index (χ4n) is 2.63. The summed E-state index contributed by atoms with van der Waals surface area (Å²) in [7, 11) is 0. The van der Waals surface area contributed by atoms with E-state index >= 15 is 0 Å². The van der Waals surface area contributed by atoms with Crippen molar-refractivity contribution in [3.8, 4) is 11.6 Å². The van der Waals surface area contributed by atoms with Crippen LogP contribution in [0.2, 0.25) is 10.0 Å². The van der Waals surface area contributed by atoms with Gasteiger partial charge in [-0.2, -0.15) is 0 Å². The van der Waals surface area contributed by atoms with E-state index in [1.54, 1.807) is 48.5 Å². The quantitative estimate of drug-likeness (QED) is 0.336. The van der Waals surface area contributed by atoms with Crippen molar-refractivity contribution in [2.75, 3.05) is 0 Å². The van der Waals surface area contributed by atoms with Gasteiger partial charge in [0.15, 0.2) is 0 Å². The van der Waals surface area contributed by atoms with Gasteiger partial charge in [0.2, 0.25) is 17.7 Å². The van der Waals surface area contributed by atoms with E-state index in [1.807, 2.05) is 0 Å². The van der Waals surface area contributed by atoms with Crippen LogP contribution in [0, 0.1) is 10.8 Å². The molecule has 0 aliphatic carbocycles. The molecule has 0 atom stereocenters. The van der Waals surface area contributed by atoms with Crippen molar-refractivity contribution in [2.45, 2.75) is 19.5 Å². The van der Waals surface area contributed by atoms with Crippen LogP contribution in [0.1, 0.15) is 30.5 Å². The minimum absolute atomic E-state index is 0.109. The molecule has 30 heavy (non-hydrogen) atoms. The summed E-state index contributed by atoms with van der Waals surface area (Å²) in [4.78, 5) is 4.15. The second kappa shape index (κ2) is 8.81. The molecule has 1 aromatic heterocycles. The first-order chi connectivity index (χ1) is 14.1. The summed E-state index contributed by atoms with van der Waals surface area (Å²) < 4.78 is 25.9. The highest BCUT2D eigenvalue weighted by Crippen LogP contribution is 2.32. The maximum Gasteiger partial charge on any atom is 0.223 e. The third-order valence-corrected chi connectivity index (χ3v) is 4.58. The number of hydrogen-bond donors (Lipinski definition) is 2. The molecule has 0 saturated heterocycles. The average molecular weight is 446 g/mol. The molecule has 0 aliphatic rings. The van der Waals surface area contributed by atoms with Crippen molar-refractivity contribution in [1.82, 2.24) is 4.98 Å². The molecule has 2 aromatic carbocycles. The second-order valence-corrected chi connectivity index (χ2v) is 7.74. The summed E-state index contributed by atoms with van der Waals surface area (Å²) in [5.74, 6) is -0.0614. The fraction of sp³-hybridized carbons (Fsp3) is 0.136. The van der Waals surface area contributed by atoms with E-state index in [2.05, 4.69) is 4.98 Å². The van der Waals surface area contributed by atoms with Crippen LogP contribution in [0.4, 0.5) is 4.39 Å². The molecule has 1 heterocycles. The van der Waals surface area contributed by atoms with E-state index in [-0.39, 0.29) is 22.9 Å². The van der Waals surface area contributed by atoms with Gasteiger partial charge in [-0.3, -0.25) is 10.8 Å². The van der Waals surface area contributed by atoms with Gasteiger partial charge < -0.3 is 9.47 Å². The van der Waals surface area contributed by atoms with Gasteiger partial charge in [-0.15, -0.1) is 0 Å². The van der Waals surface area contributed by atoms with E-state index in [0.717, 1.165) is 0 Å². The zero-order valence-corrected chi connectivity index (χ0v) is 17.7. The van der Waals surface area contributed by atoms with Gasteiger partial charge in [0.05, 0.1) is 5.56 Å². The van der Waals surface area contributed by atoms with E-state index in [9.17, 15) is 4.39 Å². The minimum Gasteiger partial charge on any atom is -0.439 e. The summed E-state index contributed by atoms with van der Waals surface area (Å²) in [6.45, 7) is 2.71.